The Kier molecular flexibility index (Phi) is 3.73. The fourth-order valence-electron chi connectivity index (χ4n) is 2.16. The third kappa shape index (κ3) is 3.03. The van der Waals surface area contributed by atoms with Crippen molar-refractivity contribution in [1.29, 1.82) is 0 Å². The van der Waals surface area contributed by atoms with Gasteiger partial charge in [-0.05, 0) is 38.8 Å². The molecule has 1 aromatic rings. The second-order valence-corrected chi connectivity index (χ2v) is 4.65. The van der Waals surface area contributed by atoms with E-state index in [1.54, 1.807) is 13.2 Å². The summed E-state index contributed by atoms with van der Waals surface area (Å²) in [6.07, 6.45) is 3.96. The molecule has 1 aliphatic rings. The lowest BCUT2D eigenvalue weighted by Gasteiger charge is -2.28. The number of nitrogens with zero attached hydrogens (tertiary/aromatic N) is 3. The summed E-state index contributed by atoms with van der Waals surface area (Å²) in [7, 11) is 1.75. The lowest BCUT2D eigenvalue weighted by molar-refractivity contribution is 0.0916. The number of aryl methyl sites for hydroxylation is 1. The Bertz CT molecular complexity index is 383. The Morgan fingerprint density at radius 1 is 1.71 bits per heavy atom. The van der Waals surface area contributed by atoms with E-state index in [1.807, 2.05) is 6.92 Å². The Morgan fingerprint density at radius 2 is 2.53 bits per heavy atom. The number of nitrogens with one attached hydrogen (secondary N) is 2. The Hall–Kier alpha value is -1.43. The predicted octanol–water partition coefficient (Wildman–Crippen LogP) is -0.0670. The molecular formula is C11H19N5O. The lowest BCUT2D eigenvalue weighted by Crippen LogP contribution is -2.44. The first-order valence-electron chi connectivity index (χ1n) is 6.04. The van der Waals surface area contributed by atoms with Crippen LogP contribution in [-0.4, -0.2) is 40.0 Å². The van der Waals surface area contributed by atoms with Crippen molar-refractivity contribution in [2.75, 3.05) is 13.1 Å². The average Bonchev–Trinajstić information content (AvgIpc) is 2.77. The molecule has 2 unspecified atom stereocenters. The fraction of sp³-hybridized carbons (Fsp3) is 0.727. The number of carbonyl (C=O) groups excluding carboxylic acids is 1. The molecule has 94 valence electrons. The van der Waals surface area contributed by atoms with Crippen molar-refractivity contribution < 1.29 is 4.79 Å². The molecule has 2 N–H and O–H groups in total. The van der Waals surface area contributed by atoms with Gasteiger partial charge < -0.3 is 10.6 Å². The third-order valence-electron chi connectivity index (χ3n) is 3.24. The van der Waals surface area contributed by atoms with Gasteiger partial charge >= 0.3 is 0 Å². The number of amides is 1. The maximum atomic E-state index is 11.9. The molecule has 6 heteroatoms. The largest absolute Gasteiger partial charge is 0.348 e. The summed E-state index contributed by atoms with van der Waals surface area (Å²) in [5.41, 5.74) is 0.378. The van der Waals surface area contributed by atoms with Crippen molar-refractivity contribution in [1.82, 2.24) is 25.6 Å². The number of rotatable bonds is 3. The van der Waals surface area contributed by atoms with Gasteiger partial charge in [0, 0.05) is 13.1 Å². The van der Waals surface area contributed by atoms with Gasteiger partial charge in [0.1, 0.15) is 0 Å². The van der Waals surface area contributed by atoms with E-state index in [9.17, 15) is 4.79 Å². The quantitative estimate of drug-likeness (QED) is 0.772. The summed E-state index contributed by atoms with van der Waals surface area (Å²) in [5.74, 6) is 0.362. The summed E-state index contributed by atoms with van der Waals surface area (Å²) in [5, 5.41) is 13.9. The molecule has 0 bridgehead atoms. The molecule has 2 rings (SSSR count). The van der Waals surface area contributed by atoms with Crippen LogP contribution in [0.5, 0.6) is 0 Å². The summed E-state index contributed by atoms with van der Waals surface area (Å²) >= 11 is 0. The molecule has 1 fully saturated rings. The second kappa shape index (κ2) is 5.27. The van der Waals surface area contributed by atoms with Crippen molar-refractivity contribution in [3.05, 3.63) is 11.9 Å². The highest BCUT2D eigenvalue weighted by molar-refractivity contribution is 5.92. The molecular weight excluding hydrogens is 218 g/mol. The first-order chi connectivity index (χ1) is 8.16. The van der Waals surface area contributed by atoms with Gasteiger partial charge in [-0.3, -0.25) is 9.48 Å². The van der Waals surface area contributed by atoms with Crippen LogP contribution in [0.4, 0.5) is 0 Å². The van der Waals surface area contributed by atoms with E-state index in [-0.39, 0.29) is 11.9 Å². The van der Waals surface area contributed by atoms with Crippen LogP contribution in [0.1, 0.15) is 30.3 Å². The van der Waals surface area contributed by atoms with E-state index in [2.05, 4.69) is 20.9 Å². The molecule has 0 radical (unpaired) electrons. The minimum Gasteiger partial charge on any atom is -0.348 e. The molecule has 1 aliphatic heterocycles. The zero-order chi connectivity index (χ0) is 12.3. The Labute approximate surface area is 101 Å². The molecule has 0 aliphatic carbocycles. The number of carbonyl (C=O) groups is 1. The molecule has 2 heterocycles. The second-order valence-electron chi connectivity index (χ2n) is 4.65. The minimum atomic E-state index is -0.142. The van der Waals surface area contributed by atoms with Crippen LogP contribution in [0.15, 0.2) is 6.20 Å². The molecule has 0 saturated carbocycles. The Balaban J connectivity index is 1.89. The van der Waals surface area contributed by atoms with Gasteiger partial charge in [-0.25, -0.2) is 0 Å². The van der Waals surface area contributed by atoms with E-state index in [0.29, 0.717) is 11.6 Å². The highest BCUT2D eigenvalue weighted by atomic mass is 16.2. The molecule has 1 saturated heterocycles. The molecule has 1 amide bonds. The zero-order valence-electron chi connectivity index (χ0n) is 10.3. The van der Waals surface area contributed by atoms with Crippen LogP contribution in [0.2, 0.25) is 0 Å². The smallest absolute Gasteiger partial charge is 0.273 e. The molecule has 0 spiro atoms. The standard InChI is InChI=1S/C11H19N5O/c1-8(9-4-3-5-12-6-9)13-11(17)10-7-16(2)15-14-10/h7-9,12H,3-6H2,1-2H3,(H,13,17). The van der Waals surface area contributed by atoms with Crippen molar-refractivity contribution in [3.63, 3.8) is 0 Å². The van der Waals surface area contributed by atoms with Gasteiger partial charge in [0.2, 0.25) is 0 Å². The topological polar surface area (TPSA) is 71.8 Å². The van der Waals surface area contributed by atoms with E-state index in [1.165, 1.54) is 11.1 Å². The highest BCUT2D eigenvalue weighted by Gasteiger charge is 2.22. The first-order valence-corrected chi connectivity index (χ1v) is 6.04. The molecule has 2 atom stereocenters. The zero-order valence-corrected chi connectivity index (χ0v) is 10.3. The first kappa shape index (κ1) is 12.0. The highest BCUT2D eigenvalue weighted by Crippen LogP contribution is 2.14. The maximum Gasteiger partial charge on any atom is 0.273 e. The van der Waals surface area contributed by atoms with Gasteiger partial charge in [-0.1, -0.05) is 5.21 Å². The van der Waals surface area contributed by atoms with Crippen LogP contribution in [0.3, 0.4) is 0 Å². The van der Waals surface area contributed by atoms with Gasteiger partial charge in [0.05, 0.1) is 6.20 Å². The number of piperidine rings is 1. The minimum absolute atomic E-state index is 0.142. The normalized spacial score (nSPS) is 22.1. The molecule has 1 aromatic heterocycles. The van der Waals surface area contributed by atoms with Crippen LogP contribution in [0, 0.1) is 5.92 Å². The number of hydrogen-bond acceptors (Lipinski definition) is 4. The number of hydrogen-bond donors (Lipinski definition) is 2. The van der Waals surface area contributed by atoms with Gasteiger partial charge in [0.15, 0.2) is 5.69 Å². The molecule has 17 heavy (non-hydrogen) atoms. The summed E-state index contributed by atoms with van der Waals surface area (Å²) in [6, 6.07) is 0.164. The Morgan fingerprint density at radius 3 is 3.12 bits per heavy atom. The predicted molar refractivity (Wildman–Crippen MR) is 63.5 cm³/mol. The van der Waals surface area contributed by atoms with Crippen molar-refractivity contribution >= 4 is 5.91 Å². The molecule has 0 aromatic carbocycles. The lowest BCUT2D eigenvalue weighted by atomic mass is 9.93. The van der Waals surface area contributed by atoms with Gasteiger partial charge in [0.25, 0.3) is 5.91 Å². The van der Waals surface area contributed by atoms with Crippen molar-refractivity contribution in [2.45, 2.75) is 25.8 Å². The van der Waals surface area contributed by atoms with E-state index < -0.39 is 0 Å². The van der Waals surface area contributed by atoms with Crippen LogP contribution >= 0.6 is 0 Å². The van der Waals surface area contributed by atoms with Crippen molar-refractivity contribution in [3.8, 4) is 0 Å². The molecule has 6 nitrogen and oxygen atoms in total. The van der Waals surface area contributed by atoms with E-state index >= 15 is 0 Å². The summed E-state index contributed by atoms with van der Waals surface area (Å²) in [4.78, 5) is 11.9. The van der Waals surface area contributed by atoms with E-state index in [0.717, 1.165) is 19.5 Å². The van der Waals surface area contributed by atoms with Crippen LogP contribution < -0.4 is 10.6 Å². The number of aromatic nitrogens is 3. The van der Waals surface area contributed by atoms with Crippen LogP contribution in [0.25, 0.3) is 0 Å². The maximum absolute atomic E-state index is 11.9. The van der Waals surface area contributed by atoms with Gasteiger partial charge in [-0.2, -0.15) is 0 Å². The van der Waals surface area contributed by atoms with Crippen molar-refractivity contribution in [2.24, 2.45) is 13.0 Å². The fourth-order valence-corrected chi connectivity index (χ4v) is 2.16. The van der Waals surface area contributed by atoms with Crippen LogP contribution in [-0.2, 0) is 7.05 Å². The summed E-state index contributed by atoms with van der Waals surface area (Å²) < 4.78 is 1.53. The van der Waals surface area contributed by atoms with Gasteiger partial charge in [-0.15, -0.1) is 5.10 Å². The summed E-state index contributed by atoms with van der Waals surface area (Å²) in [6.45, 7) is 4.11. The monoisotopic (exact) mass is 237 g/mol. The third-order valence-corrected chi connectivity index (χ3v) is 3.24. The average molecular weight is 237 g/mol. The SMILES string of the molecule is CC(NC(=O)c1cn(C)nn1)C1CCCNC1. The van der Waals surface area contributed by atoms with E-state index in [4.69, 9.17) is 0 Å².